The van der Waals surface area contributed by atoms with Crippen LogP contribution < -0.4 is 0 Å². The molecule has 0 radical (unpaired) electrons. The standard InChI is InChI=1S/C12H20O4/c1-8(2)4-3-5-10(14)11-9(6-13)7-16-12(11)15/h8-9,11,13H,3-7H2,1-2H3/t9-,11?/m1/s1. The van der Waals surface area contributed by atoms with E-state index in [9.17, 15) is 9.59 Å². The second kappa shape index (κ2) is 5.99. The minimum atomic E-state index is -0.725. The second-order valence-electron chi connectivity index (χ2n) is 4.80. The quantitative estimate of drug-likeness (QED) is 0.547. The maximum absolute atomic E-state index is 11.8. The Morgan fingerprint density at radius 2 is 2.25 bits per heavy atom. The van der Waals surface area contributed by atoms with Crippen LogP contribution in [0.2, 0.25) is 0 Å². The number of ketones is 1. The smallest absolute Gasteiger partial charge is 0.316 e. The molecule has 92 valence electrons. The molecule has 0 spiro atoms. The van der Waals surface area contributed by atoms with Gasteiger partial charge in [0.15, 0.2) is 0 Å². The number of Topliss-reactive ketones (excluding diaryl/α,β-unsaturated/α-hetero) is 1. The van der Waals surface area contributed by atoms with Gasteiger partial charge in [-0.15, -0.1) is 0 Å². The molecule has 0 aromatic heterocycles. The van der Waals surface area contributed by atoms with Gasteiger partial charge in [-0.3, -0.25) is 9.59 Å². The van der Waals surface area contributed by atoms with E-state index in [1.165, 1.54) is 0 Å². The van der Waals surface area contributed by atoms with Gasteiger partial charge in [-0.05, 0) is 12.3 Å². The highest BCUT2D eigenvalue weighted by molar-refractivity contribution is 6.00. The minimum Gasteiger partial charge on any atom is -0.465 e. The Morgan fingerprint density at radius 3 is 2.81 bits per heavy atom. The van der Waals surface area contributed by atoms with Gasteiger partial charge in [-0.25, -0.2) is 0 Å². The highest BCUT2D eigenvalue weighted by Crippen LogP contribution is 2.24. The maximum atomic E-state index is 11.8. The summed E-state index contributed by atoms with van der Waals surface area (Å²) in [5.74, 6) is -1.04. The number of carbonyl (C=O) groups excluding carboxylic acids is 2. The lowest BCUT2D eigenvalue weighted by Gasteiger charge is -2.11. The number of rotatable bonds is 6. The molecule has 1 N–H and O–H groups in total. The molecule has 0 bridgehead atoms. The zero-order valence-corrected chi connectivity index (χ0v) is 9.94. The molecule has 4 nitrogen and oxygen atoms in total. The molecule has 1 heterocycles. The summed E-state index contributed by atoms with van der Waals surface area (Å²) < 4.78 is 4.80. The van der Waals surface area contributed by atoms with Crippen molar-refractivity contribution in [1.82, 2.24) is 0 Å². The number of esters is 1. The predicted octanol–water partition coefficient (Wildman–Crippen LogP) is 1.16. The summed E-state index contributed by atoms with van der Waals surface area (Å²) in [6.07, 6.45) is 2.20. The fourth-order valence-electron chi connectivity index (χ4n) is 1.96. The van der Waals surface area contributed by atoms with Gasteiger partial charge in [0.25, 0.3) is 0 Å². The third kappa shape index (κ3) is 3.30. The van der Waals surface area contributed by atoms with Gasteiger partial charge >= 0.3 is 5.97 Å². The van der Waals surface area contributed by atoms with E-state index in [0.717, 1.165) is 12.8 Å². The first-order chi connectivity index (χ1) is 7.56. The number of ether oxygens (including phenoxy) is 1. The van der Waals surface area contributed by atoms with Gasteiger partial charge in [0.2, 0.25) is 0 Å². The highest BCUT2D eigenvalue weighted by Gasteiger charge is 2.41. The van der Waals surface area contributed by atoms with Crippen LogP contribution in [0, 0.1) is 17.8 Å². The molecule has 0 aromatic rings. The van der Waals surface area contributed by atoms with Crippen LogP contribution in [0.3, 0.4) is 0 Å². The average Bonchev–Trinajstić information content (AvgIpc) is 2.58. The topological polar surface area (TPSA) is 63.6 Å². The van der Waals surface area contributed by atoms with Crippen molar-refractivity contribution in [3.63, 3.8) is 0 Å². The van der Waals surface area contributed by atoms with Gasteiger partial charge < -0.3 is 9.84 Å². The molecule has 0 saturated carbocycles. The summed E-state index contributed by atoms with van der Waals surface area (Å²) in [5, 5.41) is 9.03. The Labute approximate surface area is 96.0 Å². The number of hydrogen-bond acceptors (Lipinski definition) is 4. The predicted molar refractivity (Wildman–Crippen MR) is 58.7 cm³/mol. The van der Waals surface area contributed by atoms with Crippen molar-refractivity contribution in [3.05, 3.63) is 0 Å². The van der Waals surface area contributed by atoms with Crippen LogP contribution in [0.25, 0.3) is 0 Å². The molecule has 1 aliphatic rings. The molecule has 0 aromatic carbocycles. The Kier molecular flexibility index (Phi) is 4.93. The number of hydrogen-bond donors (Lipinski definition) is 1. The molecular formula is C12H20O4. The molecule has 1 saturated heterocycles. The van der Waals surface area contributed by atoms with Crippen molar-refractivity contribution in [3.8, 4) is 0 Å². The molecule has 1 unspecified atom stereocenters. The van der Waals surface area contributed by atoms with Crippen LogP contribution in [0.5, 0.6) is 0 Å². The Bertz CT molecular complexity index is 260. The summed E-state index contributed by atoms with van der Waals surface area (Å²) >= 11 is 0. The van der Waals surface area contributed by atoms with Crippen LogP contribution in [0.15, 0.2) is 0 Å². The fourth-order valence-corrected chi connectivity index (χ4v) is 1.96. The summed E-state index contributed by atoms with van der Waals surface area (Å²) in [6, 6.07) is 0. The number of aliphatic hydroxyl groups excluding tert-OH is 1. The normalized spacial score (nSPS) is 24.9. The van der Waals surface area contributed by atoms with Crippen molar-refractivity contribution in [2.75, 3.05) is 13.2 Å². The molecule has 1 fully saturated rings. The van der Waals surface area contributed by atoms with Crippen LogP contribution in [-0.2, 0) is 14.3 Å². The van der Waals surface area contributed by atoms with E-state index in [4.69, 9.17) is 9.84 Å². The molecule has 4 heteroatoms. The van der Waals surface area contributed by atoms with Crippen molar-refractivity contribution in [2.24, 2.45) is 17.8 Å². The van der Waals surface area contributed by atoms with Gasteiger partial charge in [-0.1, -0.05) is 20.3 Å². The van der Waals surface area contributed by atoms with Crippen LogP contribution in [0.1, 0.15) is 33.1 Å². The Morgan fingerprint density at radius 1 is 1.56 bits per heavy atom. The monoisotopic (exact) mass is 228 g/mol. The first-order valence-corrected chi connectivity index (χ1v) is 5.86. The molecule has 2 atom stereocenters. The van der Waals surface area contributed by atoms with Gasteiger partial charge in [0.05, 0.1) is 13.2 Å². The number of aliphatic hydroxyl groups is 1. The van der Waals surface area contributed by atoms with E-state index in [1.807, 2.05) is 0 Å². The van der Waals surface area contributed by atoms with Crippen LogP contribution in [0.4, 0.5) is 0 Å². The van der Waals surface area contributed by atoms with Gasteiger partial charge in [0.1, 0.15) is 11.7 Å². The third-order valence-corrected chi connectivity index (χ3v) is 2.95. The SMILES string of the molecule is CC(C)CCCC(=O)C1C(=O)OC[C@H]1CO. The summed E-state index contributed by atoms with van der Waals surface area (Å²) in [4.78, 5) is 23.1. The van der Waals surface area contributed by atoms with E-state index in [-0.39, 0.29) is 24.9 Å². The van der Waals surface area contributed by atoms with E-state index < -0.39 is 11.9 Å². The summed E-state index contributed by atoms with van der Waals surface area (Å²) in [6.45, 7) is 4.22. The van der Waals surface area contributed by atoms with Crippen LogP contribution >= 0.6 is 0 Å². The fraction of sp³-hybridized carbons (Fsp3) is 0.833. The Balaban J connectivity index is 2.42. The van der Waals surface area contributed by atoms with Crippen molar-refractivity contribution < 1.29 is 19.4 Å². The lowest BCUT2D eigenvalue weighted by Crippen LogP contribution is -2.27. The number of cyclic esters (lactones) is 1. The largest absolute Gasteiger partial charge is 0.465 e. The van der Waals surface area contributed by atoms with Crippen molar-refractivity contribution in [2.45, 2.75) is 33.1 Å². The molecule has 1 aliphatic heterocycles. The van der Waals surface area contributed by atoms with Crippen molar-refractivity contribution in [1.29, 1.82) is 0 Å². The molecular weight excluding hydrogens is 208 g/mol. The average molecular weight is 228 g/mol. The van der Waals surface area contributed by atoms with Crippen molar-refractivity contribution >= 4 is 11.8 Å². The summed E-state index contributed by atoms with van der Waals surface area (Å²) in [5.41, 5.74) is 0. The van der Waals surface area contributed by atoms with E-state index in [2.05, 4.69) is 13.8 Å². The third-order valence-electron chi connectivity index (χ3n) is 2.95. The maximum Gasteiger partial charge on any atom is 0.316 e. The molecule has 16 heavy (non-hydrogen) atoms. The molecule has 0 amide bonds. The van der Waals surface area contributed by atoms with E-state index in [0.29, 0.717) is 12.3 Å². The van der Waals surface area contributed by atoms with Gasteiger partial charge in [-0.2, -0.15) is 0 Å². The zero-order valence-electron chi connectivity index (χ0n) is 9.94. The Hall–Kier alpha value is -0.900. The first kappa shape index (κ1) is 13.2. The lowest BCUT2D eigenvalue weighted by molar-refractivity contribution is -0.144. The highest BCUT2D eigenvalue weighted by atomic mass is 16.5. The first-order valence-electron chi connectivity index (χ1n) is 5.86. The lowest BCUT2D eigenvalue weighted by atomic mass is 9.89. The molecule has 0 aliphatic carbocycles. The second-order valence-corrected chi connectivity index (χ2v) is 4.80. The minimum absolute atomic E-state index is 0.0813. The zero-order chi connectivity index (χ0) is 12.1. The number of carbonyl (C=O) groups is 2. The molecule has 1 rings (SSSR count). The van der Waals surface area contributed by atoms with Gasteiger partial charge in [0, 0.05) is 12.3 Å². The van der Waals surface area contributed by atoms with Crippen LogP contribution in [-0.4, -0.2) is 30.1 Å². The summed E-state index contributed by atoms with van der Waals surface area (Å²) in [7, 11) is 0. The van der Waals surface area contributed by atoms with E-state index in [1.54, 1.807) is 0 Å². The van der Waals surface area contributed by atoms with E-state index >= 15 is 0 Å².